The molecular formula is C15H8Br2Cl2N2O. The summed E-state index contributed by atoms with van der Waals surface area (Å²) in [6, 6.07) is 8.58. The van der Waals surface area contributed by atoms with E-state index in [0.29, 0.717) is 32.5 Å². The van der Waals surface area contributed by atoms with Crippen molar-refractivity contribution >= 4 is 66.0 Å². The second kappa shape index (κ2) is 5.96. The van der Waals surface area contributed by atoms with Crippen LogP contribution in [-0.4, -0.2) is 9.55 Å². The van der Waals surface area contributed by atoms with E-state index in [-0.39, 0.29) is 5.56 Å². The third-order valence-electron chi connectivity index (χ3n) is 3.21. The number of rotatable bonds is 1. The molecule has 0 saturated carbocycles. The Morgan fingerprint density at radius 1 is 1.14 bits per heavy atom. The lowest BCUT2D eigenvalue weighted by atomic mass is 10.2. The number of hydrogen-bond donors (Lipinski definition) is 0. The number of halogens is 4. The molecule has 0 saturated heterocycles. The summed E-state index contributed by atoms with van der Waals surface area (Å²) in [6.45, 7) is 1.76. The first-order valence-electron chi connectivity index (χ1n) is 6.22. The summed E-state index contributed by atoms with van der Waals surface area (Å²) in [5.74, 6) is 0.532. The topological polar surface area (TPSA) is 34.9 Å². The van der Waals surface area contributed by atoms with Gasteiger partial charge in [0.05, 0.1) is 21.6 Å². The molecule has 0 N–H and O–H groups in total. The molecule has 22 heavy (non-hydrogen) atoms. The van der Waals surface area contributed by atoms with Crippen LogP contribution in [0.3, 0.4) is 0 Å². The van der Waals surface area contributed by atoms with Gasteiger partial charge in [-0.25, -0.2) is 4.98 Å². The van der Waals surface area contributed by atoms with E-state index in [1.165, 1.54) is 4.57 Å². The summed E-state index contributed by atoms with van der Waals surface area (Å²) in [4.78, 5) is 17.4. The van der Waals surface area contributed by atoms with Gasteiger partial charge >= 0.3 is 0 Å². The Balaban J connectivity index is 2.46. The predicted molar refractivity (Wildman–Crippen MR) is 97.5 cm³/mol. The van der Waals surface area contributed by atoms with Gasteiger partial charge in [-0.2, -0.15) is 0 Å². The molecule has 0 aliphatic heterocycles. The van der Waals surface area contributed by atoms with Crippen molar-refractivity contribution in [1.82, 2.24) is 9.55 Å². The molecule has 7 heteroatoms. The van der Waals surface area contributed by atoms with Gasteiger partial charge in [0.1, 0.15) is 5.82 Å². The fourth-order valence-corrected chi connectivity index (χ4v) is 3.95. The van der Waals surface area contributed by atoms with E-state index in [1.807, 2.05) is 6.07 Å². The number of hydrogen-bond acceptors (Lipinski definition) is 2. The molecule has 1 heterocycles. The lowest BCUT2D eigenvalue weighted by Crippen LogP contribution is -2.22. The van der Waals surface area contributed by atoms with Crippen molar-refractivity contribution in [2.75, 3.05) is 0 Å². The Labute approximate surface area is 153 Å². The van der Waals surface area contributed by atoms with Crippen LogP contribution in [0.2, 0.25) is 10.0 Å². The highest BCUT2D eigenvalue weighted by atomic mass is 79.9. The molecule has 3 nitrogen and oxygen atoms in total. The molecule has 0 atom stereocenters. The molecule has 0 radical (unpaired) electrons. The molecule has 0 fully saturated rings. The standard InChI is InChI=1S/C15H8Br2Cl2N2O/c1-7-20-14-10(4-8(16)5-11(14)17)15(22)21(7)13-6-9(18)2-3-12(13)19/h2-6H,1H3. The molecular weight excluding hydrogens is 455 g/mol. The maximum Gasteiger partial charge on any atom is 0.266 e. The van der Waals surface area contributed by atoms with Crippen LogP contribution in [0.5, 0.6) is 0 Å². The zero-order chi connectivity index (χ0) is 16.0. The van der Waals surface area contributed by atoms with Crippen LogP contribution in [0.15, 0.2) is 44.1 Å². The van der Waals surface area contributed by atoms with Gasteiger partial charge in [-0.05, 0) is 53.2 Å². The number of nitrogens with zero attached hydrogens (tertiary/aromatic N) is 2. The highest BCUT2D eigenvalue weighted by Gasteiger charge is 2.15. The zero-order valence-corrected chi connectivity index (χ0v) is 15.9. The van der Waals surface area contributed by atoms with E-state index in [4.69, 9.17) is 23.2 Å². The lowest BCUT2D eigenvalue weighted by Gasteiger charge is -2.13. The summed E-state index contributed by atoms with van der Waals surface area (Å²) in [7, 11) is 0. The van der Waals surface area contributed by atoms with Gasteiger partial charge < -0.3 is 0 Å². The van der Waals surface area contributed by atoms with Gasteiger partial charge in [-0.3, -0.25) is 9.36 Å². The third kappa shape index (κ3) is 2.71. The number of benzene rings is 2. The third-order valence-corrected chi connectivity index (χ3v) is 4.83. The predicted octanol–water partition coefficient (Wildman–Crippen LogP) is 5.53. The van der Waals surface area contributed by atoms with Crippen LogP contribution >= 0.6 is 55.1 Å². The van der Waals surface area contributed by atoms with E-state index in [9.17, 15) is 4.79 Å². The first kappa shape index (κ1) is 16.0. The summed E-state index contributed by atoms with van der Waals surface area (Å²) < 4.78 is 3.01. The van der Waals surface area contributed by atoms with Crippen LogP contribution in [0, 0.1) is 6.92 Å². The van der Waals surface area contributed by atoms with Crippen LogP contribution in [0.4, 0.5) is 0 Å². The van der Waals surface area contributed by atoms with Gasteiger partial charge in [0, 0.05) is 14.0 Å². The molecule has 0 amide bonds. The minimum absolute atomic E-state index is 0.200. The van der Waals surface area contributed by atoms with Gasteiger partial charge in [0.15, 0.2) is 0 Å². The number of aryl methyl sites for hydroxylation is 1. The van der Waals surface area contributed by atoms with Gasteiger partial charge in [-0.1, -0.05) is 39.1 Å². The first-order valence-corrected chi connectivity index (χ1v) is 8.56. The quantitative estimate of drug-likeness (QED) is 0.477. The molecule has 0 bridgehead atoms. The Morgan fingerprint density at radius 2 is 1.86 bits per heavy atom. The minimum Gasteiger partial charge on any atom is -0.268 e. The van der Waals surface area contributed by atoms with Crippen molar-refractivity contribution in [1.29, 1.82) is 0 Å². The summed E-state index contributed by atoms with van der Waals surface area (Å²) in [5, 5.41) is 1.42. The van der Waals surface area contributed by atoms with E-state index < -0.39 is 0 Å². The normalized spacial score (nSPS) is 11.1. The molecule has 112 valence electrons. The van der Waals surface area contributed by atoms with Crippen molar-refractivity contribution in [3.8, 4) is 5.69 Å². The summed E-state index contributed by atoms with van der Waals surface area (Å²) in [6.07, 6.45) is 0. The number of fused-ring (bicyclic) bond motifs is 1. The van der Waals surface area contributed by atoms with Crippen LogP contribution in [0.1, 0.15) is 5.82 Å². The van der Waals surface area contributed by atoms with E-state index in [2.05, 4.69) is 36.8 Å². The Morgan fingerprint density at radius 3 is 2.59 bits per heavy atom. The average molecular weight is 463 g/mol. The molecule has 2 aromatic carbocycles. The second-order valence-corrected chi connectivity index (χ2v) is 7.29. The molecule has 0 unspecified atom stereocenters. The van der Waals surface area contributed by atoms with Gasteiger partial charge in [-0.15, -0.1) is 0 Å². The van der Waals surface area contributed by atoms with Gasteiger partial charge in [0.25, 0.3) is 5.56 Å². The van der Waals surface area contributed by atoms with E-state index in [1.54, 1.807) is 31.2 Å². The highest BCUT2D eigenvalue weighted by molar-refractivity contribution is 9.11. The molecule has 0 aliphatic rings. The van der Waals surface area contributed by atoms with E-state index in [0.717, 1.165) is 8.95 Å². The van der Waals surface area contributed by atoms with Crippen LogP contribution in [0.25, 0.3) is 16.6 Å². The molecule has 0 aliphatic carbocycles. The van der Waals surface area contributed by atoms with Crippen molar-refractivity contribution in [3.63, 3.8) is 0 Å². The van der Waals surface area contributed by atoms with Crippen LogP contribution in [-0.2, 0) is 0 Å². The largest absolute Gasteiger partial charge is 0.268 e. The highest BCUT2D eigenvalue weighted by Crippen LogP contribution is 2.28. The average Bonchev–Trinajstić information content (AvgIpc) is 2.44. The fourth-order valence-electron chi connectivity index (χ4n) is 2.26. The van der Waals surface area contributed by atoms with E-state index >= 15 is 0 Å². The van der Waals surface area contributed by atoms with Crippen molar-refractivity contribution < 1.29 is 0 Å². The lowest BCUT2D eigenvalue weighted by molar-refractivity contribution is 0.894. The smallest absolute Gasteiger partial charge is 0.266 e. The minimum atomic E-state index is -0.200. The summed E-state index contributed by atoms with van der Waals surface area (Å²) in [5.41, 5.74) is 0.927. The van der Waals surface area contributed by atoms with Crippen molar-refractivity contribution in [2.24, 2.45) is 0 Å². The summed E-state index contributed by atoms with van der Waals surface area (Å²) >= 11 is 19.1. The second-order valence-electron chi connectivity index (χ2n) is 4.68. The van der Waals surface area contributed by atoms with Crippen molar-refractivity contribution in [3.05, 3.63) is 65.5 Å². The molecule has 3 aromatic rings. The SMILES string of the molecule is Cc1nc2c(Br)cc(Br)cc2c(=O)n1-c1cc(Cl)ccc1Cl. The Bertz CT molecular complexity index is 970. The van der Waals surface area contributed by atoms with Crippen LogP contribution < -0.4 is 5.56 Å². The Kier molecular flexibility index (Phi) is 4.34. The maximum atomic E-state index is 12.9. The zero-order valence-electron chi connectivity index (χ0n) is 11.2. The fraction of sp³-hybridized carbons (Fsp3) is 0.0667. The van der Waals surface area contributed by atoms with Gasteiger partial charge in [0.2, 0.25) is 0 Å². The van der Waals surface area contributed by atoms with Crippen molar-refractivity contribution in [2.45, 2.75) is 6.92 Å². The monoisotopic (exact) mass is 460 g/mol. The number of aromatic nitrogens is 2. The molecule has 1 aromatic heterocycles. The first-order chi connectivity index (χ1) is 10.4. The maximum absolute atomic E-state index is 12.9. The molecule has 0 spiro atoms. The Hall–Kier alpha value is -0.880. The molecule has 3 rings (SSSR count).